The molecule has 1 N–H and O–H groups in total. The molecule has 19 heavy (non-hydrogen) atoms. The summed E-state index contributed by atoms with van der Waals surface area (Å²) in [5.41, 5.74) is 2.68. The maximum Gasteiger partial charge on any atom is 0.124 e. The molecule has 1 heterocycles. The minimum absolute atomic E-state index is 0.492. The molecule has 0 unspecified atom stereocenters. The zero-order chi connectivity index (χ0) is 13.2. The minimum Gasteiger partial charge on any atom is -0.382 e. The molecule has 0 saturated carbocycles. The molecule has 1 aromatic heterocycles. The molecule has 2 aromatic carbocycles. The van der Waals surface area contributed by atoms with Gasteiger partial charge in [-0.15, -0.1) is 0 Å². The van der Waals surface area contributed by atoms with Crippen molar-refractivity contribution in [3.63, 3.8) is 0 Å². The number of rotatable bonds is 2. The van der Waals surface area contributed by atoms with Crippen LogP contribution in [0.1, 0.15) is 17.4 Å². The normalized spacial score (nSPS) is 12.5. The molecule has 4 heteroatoms. The molecule has 0 spiro atoms. The first-order chi connectivity index (χ1) is 9.25. The number of nitrogens with zero attached hydrogens (tertiary/aromatic N) is 2. The molecule has 0 aliphatic heterocycles. The summed E-state index contributed by atoms with van der Waals surface area (Å²) in [6.45, 7) is 0. The first-order valence-electron chi connectivity index (χ1n) is 5.90. The molecule has 0 bridgehead atoms. The lowest BCUT2D eigenvalue weighted by Gasteiger charge is -2.12. The highest BCUT2D eigenvalue weighted by Crippen LogP contribution is 2.27. The van der Waals surface area contributed by atoms with Crippen molar-refractivity contribution in [2.75, 3.05) is 0 Å². The lowest BCUT2D eigenvalue weighted by molar-refractivity contribution is 0.215. The topological polar surface area (TPSA) is 46.0 Å². The lowest BCUT2D eigenvalue weighted by atomic mass is 10.1. The molecule has 0 fully saturated rings. The highest BCUT2D eigenvalue weighted by Gasteiger charge is 2.15. The van der Waals surface area contributed by atoms with Crippen molar-refractivity contribution in [1.82, 2.24) is 9.97 Å². The fourth-order valence-corrected chi connectivity index (χ4v) is 2.20. The maximum atomic E-state index is 10.3. The van der Waals surface area contributed by atoms with Gasteiger partial charge in [0.25, 0.3) is 0 Å². The number of fused-ring (bicyclic) bond motifs is 1. The predicted molar refractivity (Wildman–Crippen MR) is 75.1 cm³/mol. The Morgan fingerprint density at radius 3 is 2.42 bits per heavy atom. The molecule has 1 atom stereocenters. The predicted octanol–water partition coefficient (Wildman–Crippen LogP) is 3.36. The van der Waals surface area contributed by atoms with Crippen LogP contribution < -0.4 is 0 Å². The van der Waals surface area contributed by atoms with E-state index in [-0.39, 0.29) is 0 Å². The molecule has 0 amide bonds. The van der Waals surface area contributed by atoms with Crippen molar-refractivity contribution in [3.05, 3.63) is 71.0 Å². The molecule has 94 valence electrons. The third kappa shape index (κ3) is 2.30. The number of halogens is 1. The Labute approximate surface area is 115 Å². The van der Waals surface area contributed by atoms with E-state index < -0.39 is 6.10 Å². The number of aromatic nitrogens is 2. The first-order valence-corrected chi connectivity index (χ1v) is 6.27. The highest BCUT2D eigenvalue weighted by molar-refractivity contribution is 6.31. The molecule has 3 nitrogen and oxygen atoms in total. The monoisotopic (exact) mass is 270 g/mol. The summed E-state index contributed by atoms with van der Waals surface area (Å²) in [5.74, 6) is 0. The number of aliphatic hydroxyl groups excluding tert-OH is 1. The fraction of sp³-hybridized carbons (Fsp3) is 0.0667. The second-order valence-electron chi connectivity index (χ2n) is 4.21. The summed E-state index contributed by atoms with van der Waals surface area (Å²) >= 11 is 6.08. The van der Waals surface area contributed by atoms with Crippen molar-refractivity contribution in [3.8, 4) is 0 Å². The van der Waals surface area contributed by atoms with Crippen LogP contribution in [0.5, 0.6) is 0 Å². The third-order valence-electron chi connectivity index (χ3n) is 2.95. The maximum absolute atomic E-state index is 10.3. The van der Waals surface area contributed by atoms with Gasteiger partial charge in [-0.25, -0.2) is 4.98 Å². The molecule has 3 aromatic rings. The van der Waals surface area contributed by atoms with Gasteiger partial charge in [-0.1, -0.05) is 41.9 Å². The van der Waals surface area contributed by atoms with Gasteiger partial charge in [0, 0.05) is 10.6 Å². The number of hydrogen-bond acceptors (Lipinski definition) is 3. The van der Waals surface area contributed by atoms with E-state index in [1.807, 2.05) is 36.4 Å². The van der Waals surface area contributed by atoms with Crippen LogP contribution in [-0.4, -0.2) is 15.1 Å². The average molecular weight is 271 g/mol. The fourth-order valence-electron chi connectivity index (χ4n) is 1.96. The summed E-state index contributed by atoms with van der Waals surface area (Å²) in [7, 11) is 0. The van der Waals surface area contributed by atoms with Gasteiger partial charge in [-0.3, -0.25) is 4.98 Å². The van der Waals surface area contributed by atoms with Gasteiger partial charge >= 0.3 is 0 Å². The summed E-state index contributed by atoms with van der Waals surface area (Å²) in [5, 5.41) is 10.9. The second-order valence-corrected chi connectivity index (χ2v) is 4.61. The first kappa shape index (κ1) is 12.1. The van der Waals surface area contributed by atoms with Gasteiger partial charge < -0.3 is 5.11 Å². The van der Waals surface area contributed by atoms with E-state index in [4.69, 9.17) is 11.6 Å². The summed E-state index contributed by atoms with van der Waals surface area (Å²) in [6.07, 6.45) is 0.710. The SMILES string of the molecule is O[C@@H](c1cnc2ccccc2n1)c1ccccc1Cl. The molecule has 0 aliphatic rings. The molecule has 0 aliphatic carbocycles. The number of para-hydroxylation sites is 2. The Balaban J connectivity index is 2.07. The van der Waals surface area contributed by atoms with E-state index >= 15 is 0 Å². The van der Waals surface area contributed by atoms with Crippen molar-refractivity contribution < 1.29 is 5.11 Å². The van der Waals surface area contributed by atoms with Crippen molar-refractivity contribution in [1.29, 1.82) is 0 Å². The van der Waals surface area contributed by atoms with Crippen LogP contribution >= 0.6 is 11.6 Å². The van der Waals surface area contributed by atoms with E-state index in [1.165, 1.54) is 0 Å². The summed E-state index contributed by atoms with van der Waals surface area (Å²) in [6, 6.07) is 14.7. The van der Waals surface area contributed by atoms with Gasteiger partial charge in [0.1, 0.15) is 6.10 Å². The Kier molecular flexibility index (Phi) is 3.15. The number of aliphatic hydroxyl groups is 1. The molecular weight excluding hydrogens is 260 g/mol. The van der Waals surface area contributed by atoms with Crippen LogP contribution in [0.15, 0.2) is 54.7 Å². The van der Waals surface area contributed by atoms with Crippen LogP contribution in [0.3, 0.4) is 0 Å². The van der Waals surface area contributed by atoms with Crippen LogP contribution in [-0.2, 0) is 0 Å². The third-order valence-corrected chi connectivity index (χ3v) is 3.29. The van der Waals surface area contributed by atoms with Gasteiger partial charge in [0.15, 0.2) is 0 Å². The average Bonchev–Trinajstić information content (AvgIpc) is 2.46. The molecule has 0 saturated heterocycles. The van der Waals surface area contributed by atoms with Crippen molar-refractivity contribution in [2.24, 2.45) is 0 Å². The Morgan fingerprint density at radius 1 is 0.947 bits per heavy atom. The Hall–Kier alpha value is -1.97. The van der Waals surface area contributed by atoms with E-state index in [0.29, 0.717) is 16.3 Å². The molecular formula is C15H11ClN2O. The lowest BCUT2D eigenvalue weighted by Crippen LogP contribution is -2.04. The number of hydrogen-bond donors (Lipinski definition) is 1. The zero-order valence-corrected chi connectivity index (χ0v) is 10.7. The van der Waals surface area contributed by atoms with Crippen LogP contribution in [0.2, 0.25) is 5.02 Å². The molecule has 3 rings (SSSR count). The van der Waals surface area contributed by atoms with Crippen molar-refractivity contribution >= 4 is 22.6 Å². The van der Waals surface area contributed by atoms with Crippen LogP contribution in [0.4, 0.5) is 0 Å². The largest absolute Gasteiger partial charge is 0.382 e. The van der Waals surface area contributed by atoms with Gasteiger partial charge in [0.05, 0.1) is 22.9 Å². The van der Waals surface area contributed by atoms with E-state index in [0.717, 1.165) is 11.0 Å². The molecule has 0 radical (unpaired) electrons. The quantitative estimate of drug-likeness (QED) is 0.777. The summed E-state index contributed by atoms with van der Waals surface area (Å²) < 4.78 is 0. The van der Waals surface area contributed by atoms with Gasteiger partial charge in [-0.05, 0) is 18.2 Å². The second kappa shape index (κ2) is 4.96. The van der Waals surface area contributed by atoms with Gasteiger partial charge in [0.2, 0.25) is 0 Å². The highest BCUT2D eigenvalue weighted by atomic mass is 35.5. The number of benzene rings is 2. The Bertz CT molecular complexity index is 730. The zero-order valence-electron chi connectivity index (χ0n) is 9.99. The van der Waals surface area contributed by atoms with Gasteiger partial charge in [-0.2, -0.15) is 0 Å². The summed E-state index contributed by atoms with van der Waals surface area (Å²) in [4.78, 5) is 8.71. The van der Waals surface area contributed by atoms with E-state index in [1.54, 1.807) is 18.3 Å². The van der Waals surface area contributed by atoms with Crippen LogP contribution in [0, 0.1) is 0 Å². The van der Waals surface area contributed by atoms with Crippen LogP contribution in [0.25, 0.3) is 11.0 Å². The van der Waals surface area contributed by atoms with E-state index in [2.05, 4.69) is 9.97 Å². The standard InChI is InChI=1S/C15H11ClN2O/c16-11-6-2-1-5-10(11)15(19)14-9-17-12-7-3-4-8-13(12)18-14/h1-9,15,19H/t15-/m1/s1. The van der Waals surface area contributed by atoms with Crippen molar-refractivity contribution in [2.45, 2.75) is 6.10 Å². The Morgan fingerprint density at radius 2 is 1.63 bits per heavy atom. The van der Waals surface area contributed by atoms with E-state index in [9.17, 15) is 5.11 Å². The smallest absolute Gasteiger partial charge is 0.124 e. The minimum atomic E-state index is -0.870.